The topological polar surface area (TPSA) is 27.1 Å². The Labute approximate surface area is 102 Å². The van der Waals surface area contributed by atoms with Gasteiger partial charge >= 0.3 is 0 Å². The Morgan fingerprint density at radius 3 is 2.65 bits per heavy atom. The molecular formula is C14H18N2O. The van der Waals surface area contributed by atoms with Crippen molar-refractivity contribution in [3.63, 3.8) is 0 Å². The van der Waals surface area contributed by atoms with E-state index in [1.54, 1.807) is 7.11 Å². The normalized spacial score (nSPS) is 10.5. The van der Waals surface area contributed by atoms with Crippen molar-refractivity contribution in [1.82, 2.24) is 9.55 Å². The second-order valence-corrected chi connectivity index (χ2v) is 4.03. The Kier molecular flexibility index (Phi) is 3.81. The standard InChI is InChI=1S/C14H18N2O/c1-3-4-10-16-11-9-15-14(16)12-5-7-13(17-2)8-6-12/h5-9,11H,3-4,10H2,1-2H3. The van der Waals surface area contributed by atoms with Gasteiger partial charge in [-0.2, -0.15) is 0 Å². The van der Waals surface area contributed by atoms with E-state index in [1.165, 1.54) is 12.8 Å². The zero-order valence-corrected chi connectivity index (χ0v) is 10.4. The number of rotatable bonds is 5. The molecule has 0 N–H and O–H groups in total. The van der Waals surface area contributed by atoms with Gasteiger partial charge in [-0.05, 0) is 30.7 Å². The van der Waals surface area contributed by atoms with Crippen LogP contribution in [0.4, 0.5) is 0 Å². The van der Waals surface area contributed by atoms with E-state index < -0.39 is 0 Å². The van der Waals surface area contributed by atoms with Crippen molar-refractivity contribution in [2.75, 3.05) is 7.11 Å². The van der Waals surface area contributed by atoms with Crippen LogP contribution in [-0.2, 0) is 6.54 Å². The summed E-state index contributed by atoms with van der Waals surface area (Å²) in [5.74, 6) is 1.90. The predicted molar refractivity (Wildman–Crippen MR) is 69.1 cm³/mol. The maximum absolute atomic E-state index is 5.15. The first-order valence-electron chi connectivity index (χ1n) is 6.00. The Morgan fingerprint density at radius 2 is 2.00 bits per heavy atom. The molecule has 0 spiro atoms. The number of ether oxygens (including phenoxy) is 1. The average molecular weight is 230 g/mol. The largest absolute Gasteiger partial charge is 0.497 e. The average Bonchev–Trinajstić information content (AvgIpc) is 2.84. The zero-order chi connectivity index (χ0) is 12.1. The SMILES string of the molecule is CCCCn1ccnc1-c1ccc(OC)cc1. The van der Waals surface area contributed by atoms with Gasteiger partial charge in [0.1, 0.15) is 11.6 Å². The van der Waals surface area contributed by atoms with Gasteiger partial charge in [-0.15, -0.1) is 0 Å². The lowest BCUT2D eigenvalue weighted by atomic mass is 10.2. The van der Waals surface area contributed by atoms with Crippen LogP contribution in [0.1, 0.15) is 19.8 Å². The molecule has 1 aromatic heterocycles. The minimum atomic E-state index is 0.875. The molecule has 1 aromatic carbocycles. The van der Waals surface area contributed by atoms with Crippen LogP contribution in [0.5, 0.6) is 5.75 Å². The summed E-state index contributed by atoms with van der Waals surface area (Å²) < 4.78 is 7.35. The van der Waals surface area contributed by atoms with Gasteiger partial charge in [0.05, 0.1) is 7.11 Å². The van der Waals surface area contributed by atoms with Gasteiger partial charge in [0.2, 0.25) is 0 Å². The molecule has 0 radical (unpaired) electrons. The summed E-state index contributed by atoms with van der Waals surface area (Å²) in [5.41, 5.74) is 1.13. The molecule has 0 saturated heterocycles. The van der Waals surface area contributed by atoms with E-state index in [1.807, 2.05) is 36.7 Å². The van der Waals surface area contributed by atoms with Crippen LogP contribution >= 0.6 is 0 Å². The highest BCUT2D eigenvalue weighted by atomic mass is 16.5. The van der Waals surface area contributed by atoms with Crippen molar-refractivity contribution < 1.29 is 4.74 Å². The molecule has 0 saturated carbocycles. The quantitative estimate of drug-likeness (QED) is 0.787. The molecule has 0 fully saturated rings. The monoisotopic (exact) mass is 230 g/mol. The molecule has 2 aromatic rings. The summed E-state index contributed by atoms with van der Waals surface area (Å²) in [6.45, 7) is 3.22. The van der Waals surface area contributed by atoms with E-state index in [0.717, 1.165) is 23.7 Å². The Bertz CT molecular complexity index is 459. The second kappa shape index (κ2) is 5.53. The van der Waals surface area contributed by atoms with Gasteiger partial charge in [0, 0.05) is 24.5 Å². The lowest BCUT2D eigenvalue weighted by molar-refractivity contribution is 0.415. The van der Waals surface area contributed by atoms with Crippen LogP contribution in [0, 0.1) is 0 Å². The molecule has 0 aliphatic carbocycles. The summed E-state index contributed by atoms with van der Waals surface area (Å²) in [6.07, 6.45) is 6.27. The van der Waals surface area contributed by atoms with Gasteiger partial charge in [-0.25, -0.2) is 4.98 Å². The van der Waals surface area contributed by atoms with Gasteiger partial charge in [0.15, 0.2) is 0 Å². The van der Waals surface area contributed by atoms with Crippen LogP contribution in [0.2, 0.25) is 0 Å². The fourth-order valence-electron chi connectivity index (χ4n) is 1.82. The fourth-order valence-corrected chi connectivity index (χ4v) is 1.82. The van der Waals surface area contributed by atoms with Crippen molar-refractivity contribution in [2.24, 2.45) is 0 Å². The van der Waals surface area contributed by atoms with Crippen molar-refractivity contribution >= 4 is 0 Å². The number of aromatic nitrogens is 2. The van der Waals surface area contributed by atoms with Crippen LogP contribution in [0.3, 0.4) is 0 Å². The van der Waals surface area contributed by atoms with Gasteiger partial charge in [-0.1, -0.05) is 13.3 Å². The molecule has 2 rings (SSSR count). The van der Waals surface area contributed by atoms with Crippen LogP contribution in [-0.4, -0.2) is 16.7 Å². The highest BCUT2D eigenvalue weighted by molar-refractivity contribution is 5.56. The molecule has 90 valence electrons. The second-order valence-electron chi connectivity index (χ2n) is 4.03. The van der Waals surface area contributed by atoms with E-state index in [-0.39, 0.29) is 0 Å². The third-order valence-corrected chi connectivity index (χ3v) is 2.82. The van der Waals surface area contributed by atoms with E-state index in [9.17, 15) is 0 Å². The number of aryl methyl sites for hydroxylation is 1. The number of nitrogens with zero attached hydrogens (tertiary/aromatic N) is 2. The van der Waals surface area contributed by atoms with Crippen molar-refractivity contribution in [3.8, 4) is 17.1 Å². The third kappa shape index (κ3) is 2.67. The highest BCUT2D eigenvalue weighted by Crippen LogP contribution is 2.21. The Balaban J connectivity index is 2.23. The molecule has 0 atom stereocenters. The number of imidazole rings is 1. The smallest absolute Gasteiger partial charge is 0.139 e. The number of benzene rings is 1. The highest BCUT2D eigenvalue weighted by Gasteiger charge is 2.05. The summed E-state index contributed by atoms with van der Waals surface area (Å²) >= 11 is 0. The minimum Gasteiger partial charge on any atom is -0.497 e. The van der Waals surface area contributed by atoms with E-state index in [0.29, 0.717) is 0 Å². The van der Waals surface area contributed by atoms with E-state index in [2.05, 4.69) is 16.5 Å². The van der Waals surface area contributed by atoms with Crippen LogP contribution < -0.4 is 4.74 Å². The minimum absolute atomic E-state index is 0.875. The number of hydrogen-bond donors (Lipinski definition) is 0. The van der Waals surface area contributed by atoms with Crippen molar-refractivity contribution in [3.05, 3.63) is 36.7 Å². The molecule has 3 nitrogen and oxygen atoms in total. The van der Waals surface area contributed by atoms with Crippen molar-refractivity contribution in [2.45, 2.75) is 26.3 Å². The van der Waals surface area contributed by atoms with Gasteiger partial charge in [-0.3, -0.25) is 0 Å². The number of hydrogen-bond acceptors (Lipinski definition) is 2. The van der Waals surface area contributed by atoms with Crippen molar-refractivity contribution in [1.29, 1.82) is 0 Å². The first-order chi connectivity index (χ1) is 8.35. The first-order valence-corrected chi connectivity index (χ1v) is 6.00. The van der Waals surface area contributed by atoms with E-state index >= 15 is 0 Å². The Morgan fingerprint density at radius 1 is 1.24 bits per heavy atom. The van der Waals surface area contributed by atoms with Gasteiger partial charge in [0.25, 0.3) is 0 Å². The molecule has 0 aliphatic heterocycles. The third-order valence-electron chi connectivity index (χ3n) is 2.82. The summed E-state index contributed by atoms with van der Waals surface area (Å²) in [6, 6.07) is 8.02. The first kappa shape index (κ1) is 11.7. The maximum Gasteiger partial charge on any atom is 0.139 e. The summed E-state index contributed by atoms with van der Waals surface area (Å²) in [5, 5.41) is 0. The predicted octanol–water partition coefficient (Wildman–Crippen LogP) is 3.36. The van der Waals surface area contributed by atoms with Crippen LogP contribution in [0.25, 0.3) is 11.4 Å². The fraction of sp³-hybridized carbons (Fsp3) is 0.357. The summed E-state index contributed by atoms with van der Waals surface area (Å²) in [4.78, 5) is 4.42. The molecule has 0 bridgehead atoms. The molecule has 0 amide bonds. The number of unbranched alkanes of at least 4 members (excludes halogenated alkanes) is 1. The molecule has 3 heteroatoms. The maximum atomic E-state index is 5.15. The molecular weight excluding hydrogens is 212 g/mol. The molecule has 17 heavy (non-hydrogen) atoms. The lowest BCUT2D eigenvalue weighted by Gasteiger charge is -2.07. The molecule has 0 unspecified atom stereocenters. The molecule has 0 aliphatic rings. The van der Waals surface area contributed by atoms with E-state index in [4.69, 9.17) is 4.74 Å². The number of methoxy groups -OCH3 is 1. The van der Waals surface area contributed by atoms with Gasteiger partial charge < -0.3 is 9.30 Å². The van der Waals surface area contributed by atoms with Crippen LogP contribution in [0.15, 0.2) is 36.7 Å². The summed E-state index contributed by atoms with van der Waals surface area (Å²) in [7, 11) is 1.68. The lowest BCUT2D eigenvalue weighted by Crippen LogP contribution is -1.99. The Hall–Kier alpha value is -1.77. The molecule has 1 heterocycles. The zero-order valence-electron chi connectivity index (χ0n) is 10.4.